The lowest BCUT2D eigenvalue weighted by molar-refractivity contribution is -0.114. The second kappa shape index (κ2) is 13.3. The van der Waals surface area contributed by atoms with Gasteiger partial charge in [0.15, 0.2) is 11.5 Å². The molecule has 4 aromatic carbocycles. The van der Waals surface area contributed by atoms with E-state index in [4.69, 9.17) is 44.3 Å². The molecule has 0 saturated carbocycles. The maximum absolute atomic E-state index is 13.7. The van der Waals surface area contributed by atoms with E-state index >= 15 is 0 Å². The first-order chi connectivity index (χ1) is 20.3. The zero-order valence-corrected chi connectivity index (χ0v) is 26.4. The minimum Gasteiger partial charge on any atom is -0.493 e. The Hall–Kier alpha value is -3.68. The van der Waals surface area contributed by atoms with Gasteiger partial charge in [0.05, 0.1) is 40.4 Å². The van der Waals surface area contributed by atoms with Crippen LogP contribution >= 0.6 is 34.8 Å². The summed E-state index contributed by atoms with van der Waals surface area (Å²) in [5.74, 6) is -0.179. The number of anilines is 3. The van der Waals surface area contributed by atoms with E-state index in [0.717, 1.165) is 4.31 Å². The highest BCUT2D eigenvalue weighted by molar-refractivity contribution is 7.93. The van der Waals surface area contributed by atoms with Crippen molar-refractivity contribution in [3.63, 3.8) is 0 Å². The average Bonchev–Trinajstić information content (AvgIpc) is 2.97. The molecule has 15 heteroatoms. The Balaban J connectivity index is 1.56. The smallest absolute Gasteiger partial charge is 0.264 e. The van der Waals surface area contributed by atoms with Crippen LogP contribution in [-0.2, 0) is 24.8 Å². The fraction of sp³-hybridized carbons (Fsp3) is 0.107. The van der Waals surface area contributed by atoms with Crippen molar-refractivity contribution in [2.24, 2.45) is 0 Å². The first kappa shape index (κ1) is 32.2. The first-order valence-electron chi connectivity index (χ1n) is 12.2. The molecule has 0 radical (unpaired) electrons. The van der Waals surface area contributed by atoms with Gasteiger partial charge in [-0.25, -0.2) is 16.8 Å². The van der Waals surface area contributed by atoms with Gasteiger partial charge in [-0.3, -0.25) is 13.8 Å². The number of amides is 1. The maximum Gasteiger partial charge on any atom is 0.264 e. The number of methoxy groups -OCH3 is 2. The lowest BCUT2D eigenvalue weighted by Gasteiger charge is -2.24. The van der Waals surface area contributed by atoms with Crippen LogP contribution in [0.5, 0.6) is 11.5 Å². The molecule has 0 aromatic heterocycles. The Labute approximate surface area is 264 Å². The van der Waals surface area contributed by atoms with Crippen LogP contribution in [-0.4, -0.2) is 43.5 Å². The summed E-state index contributed by atoms with van der Waals surface area (Å²) in [6.45, 7) is -0.616. The summed E-state index contributed by atoms with van der Waals surface area (Å²) in [6, 6.07) is 19.6. The van der Waals surface area contributed by atoms with Crippen LogP contribution in [0.15, 0.2) is 94.7 Å². The number of carbonyl (C=O) groups is 1. The molecule has 0 spiro atoms. The summed E-state index contributed by atoms with van der Waals surface area (Å²) in [4.78, 5) is 12.9. The minimum absolute atomic E-state index is 0.102. The summed E-state index contributed by atoms with van der Waals surface area (Å²) >= 11 is 17.9. The van der Waals surface area contributed by atoms with Gasteiger partial charge in [0.25, 0.3) is 20.0 Å². The van der Waals surface area contributed by atoms with Gasteiger partial charge in [-0.05, 0) is 78.9 Å². The molecule has 0 atom stereocenters. The molecule has 0 heterocycles. The summed E-state index contributed by atoms with van der Waals surface area (Å²) in [6.07, 6.45) is 0. The van der Waals surface area contributed by atoms with Crippen molar-refractivity contribution in [2.45, 2.75) is 9.79 Å². The van der Waals surface area contributed by atoms with E-state index in [1.54, 1.807) is 0 Å². The van der Waals surface area contributed by atoms with Gasteiger partial charge in [0.1, 0.15) is 6.54 Å². The van der Waals surface area contributed by atoms with Crippen molar-refractivity contribution in [3.05, 3.63) is 100.0 Å². The van der Waals surface area contributed by atoms with E-state index in [1.807, 2.05) is 0 Å². The van der Waals surface area contributed by atoms with Crippen LogP contribution in [0.25, 0.3) is 0 Å². The van der Waals surface area contributed by atoms with Crippen LogP contribution in [0.4, 0.5) is 17.1 Å². The Kier molecular flexibility index (Phi) is 9.98. The number of carbonyl (C=O) groups excluding carboxylic acids is 1. The highest BCUT2D eigenvalue weighted by Crippen LogP contribution is 2.33. The molecular formula is C28H24Cl3N3O7S2. The summed E-state index contributed by atoms with van der Waals surface area (Å²) < 4.78 is 66.9. The molecule has 0 saturated heterocycles. The standard InChI is InChI=1S/C28H24Cl3N3O7S2/c1-40-26-14-12-23(16-27(26)41-2)43(38,39)34(21-8-3-18(29)4-9-21)17-28(35)32-20-6-10-22(11-7-20)42(36,37)33-25-13-5-19(30)15-24(25)31/h3-16,33H,17H2,1-2H3,(H,32,35). The number of sulfonamides is 2. The van der Waals surface area contributed by atoms with Crippen molar-refractivity contribution >= 4 is 77.8 Å². The van der Waals surface area contributed by atoms with Crippen LogP contribution in [0.1, 0.15) is 0 Å². The second-order valence-electron chi connectivity index (χ2n) is 8.81. The minimum atomic E-state index is -4.29. The summed E-state index contributed by atoms with van der Waals surface area (Å²) in [7, 11) is -5.51. The van der Waals surface area contributed by atoms with E-state index < -0.39 is 32.5 Å². The lowest BCUT2D eigenvalue weighted by atomic mass is 10.3. The summed E-state index contributed by atoms with van der Waals surface area (Å²) in [5, 5.41) is 3.43. The molecule has 0 unspecified atom stereocenters. The molecule has 0 fully saturated rings. The zero-order valence-electron chi connectivity index (χ0n) is 22.5. The monoisotopic (exact) mass is 683 g/mol. The predicted molar refractivity (Wildman–Crippen MR) is 168 cm³/mol. The van der Waals surface area contributed by atoms with Gasteiger partial charge in [-0.15, -0.1) is 0 Å². The highest BCUT2D eigenvalue weighted by Gasteiger charge is 2.28. The van der Waals surface area contributed by atoms with Crippen molar-refractivity contribution in [2.75, 3.05) is 35.1 Å². The number of nitrogens with zero attached hydrogens (tertiary/aromatic N) is 1. The molecule has 0 aliphatic heterocycles. The van der Waals surface area contributed by atoms with Gasteiger partial charge in [-0.1, -0.05) is 34.8 Å². The van der Waals surface area contributed by atoms with E-state index in [0.29, 0.717) is 15.8 Å². The Morgan fingerprint density at radius 1 is 0.744 bits per heavy atom. The van der Waals surface area contributed by atoms with E-state index in [1.165, 1.54) is 99.1 Å². The van der Waals surface area contributed by atoms with Gasteiger partial charge in [0, 0.05) is 21.8 Å². The molecule has 43 heavy (non-hydrogen) atoms. The zero-order chi connectivity index (χ0) is 31.4. The van der Waals surface area contributed by atoms with Crippen molar-refractivity contribution in [1.29, 1.82) is 0 Å². The predicted octanol–water partition coefficient (Wildman–Crippen LogP) is 6.30. The largest absolute Gasteiger partial charge is 0.493 e. The van der Waals surface area contributed by atoms with E-state index in [9.17, 15) is 21.6 Å². The number of halogens is 3. The third-order valence-electron chi connectivity index (χ3n) is 5.97. The quantitative estimate of drug-likeness (QED) is 0.190. The van der Waals surface area contributed by atoms with Crippen LogP contribution < -0.4 is 23.8 Å². The second-order valence-corrected chi connectivity index (χ2v) is 13.6. The van der Waals surface area contributed by atoms with Gasteiger partial charge >= 0.3 is 0 Å². The number of ether oxygens (including phenoxy) is 2. The fourth-order valence-electron chi connectivity index (χ4n) is 3.85. The number of hydrogen-bond donors (Lipinski definition) is 2. The van der Waals surface area contributed by atoms with Crippen LogP contribution in [0, 0.1) is 0 Å². The Morgan fingerprint density at radius 3 is 1.95 bits per heavy atom. The Bertz CT molecular complexity index is 1850. The van der Waals surface area contributed by atoms with Gasteiger partial charge < -0.3 is 14.8 Å². The van der Waals surface area contributed by atoms with Crippen molar-refractivity contribution in [1.82, 2.24) is 0 Å². The number of nitrogens with one attached hydrogen (secondary N) is 2. The van der Waals surface area contributed by atoms with Crippen molar-refractivity contribution in [3.8, 4) is 11.5 Å². The van der Waals surface area contributed by atoms with E-state index in [-0.39, 0.29) is 37.6 Å². The molecule has 10 nitrogen and oxygen atoms in total. The van der Waals surface area contributed by atoms with E-state index in [2.05, 4.69) is 10.0 Å². The fourth-order valence-corrected chi connectivity index (χ4v) is 7.01. The molecule has 1 amide bonds. The molecule has 4 rings (SSSR count). The molecular weight excluding hydrogens is 661 g/mol. The number of hydrogen-bond acceptors (Lipinski definition) is 7. The molecule has 4 aromatic rings. The van der Waals surface area contributed by atoms with Gasteiger partial charge in [-0.2, -0.15) is 0 Å². The molecule has 2 N–H and O–H groups in total. The third-order valence-corrected chi connectivity index (χ3v) is 9.92. The van der Waals surface area contributed by atoms with Crippen LogP contribution in [0.2, 0.25) is 15.1 Å². The van der Waals surface area contributed by atoms with Gasteiger partial charge in [0.2, 0.25) is 5.91 Å². The SMILES string of the molecule is COc1ccc(S(=O)(=O)N(CC(=O)Nc2ccc(S(=O)(=O)Nc3ccc(Cl)cc3Cl)cc2)c2ccc(Cl)cc2)cc1OC. The highest BCUT2D eigenvalue weighted by atomic mass is 35.5. The van der Waals surface area contributed by atoms with Crippen molar-refractivity contribution < 1.29 is 31.1 Å². The average molecular weight is 685 g/mol. The number of rotatable bonds is 11. The molecule has 226 valence electrons. The maximum atomic E-state index is 13.7. The topological polar surface area (TPSA) is 131 Å². The summed E-state index contributed by atoms with van der Waals surface area (Å²) in [5.41, 5.74) is 0.553. The molecule has 0 aliphatic carbocycles. The molecule has 0 aliphatic rings. The molecule has 0 bridgehead atoms. The Morgan fingerprint density at radius 2 is 1.35 bits per heavy atom. The first-order valence-corrected chi connectivity index (χ1v) is 16.3. The van der Waals surface area contributed by atoms with Crippen LogP contribution in [0.3, 0.4) is 0 Å². The lowest BCUT2D eigenvalue weighted by Crippen LogP contribution is -2.38. The number of benzene rings is 4. The third kappa shape index (κ3) is 7.64. The normalized spacial score (nSPS) is 11.5.